The third-order valence-corrected chi connectivity index (χ3v) is 2.34. The largest absolute Gasteiger partial charge is 0.591 e. The molecule has 66 valence electrons. The van der Waals surface area contributed by atoms with Crippen LogP contribution in [-0.2, 0) is 4.57 Å². The van der Waals surface area contributed by atoms with Gasteiger partial charge >= 0.3 is 8.03 Å². The maximum absolute atomic E-state index is 10.6. The number of benzene rings is 1. The van der Waals surface area contributed by atoms with Gasteiger partial charge in [0.1, 0.15) is 0 Å². The van der Waals surface area contributed by atoms with Gasteiger partial charge in [0.2, 0.25) is 0 Å². The zero-order valence-electron chi connectivity index (χ0n) is 6.47. The summed E-state index contributed by atoms with van der Waals surface area (Å²) < 4.78 is 10.6. The Morgan fingerprint density at radius 3 is 2.38 bits per heavy atom. The van der Waals surface area contributed by atoms with E-state index in [2.05, 4.69) is 0 Å². The first kappa shape index (κ1) is 9.71. The molecule has 1 aromatic carbocycles. The number of rotatable bonds is 3. The molecule has 0 radical (unpaired) electrons. The Morgan fingerprint density at radius 1 is 1.23 bits per heavy atom. The Hall–Kier alpha value is -1.38. The smallest absolute Gasteiger partial charge is 0.349 e. The second-order valence-corrected chi connectivity index (χ2v) is 3.27. The van der Waals surface area contributed by atoms with Gasteiger partial charge in [0.15, 0.2) is 17.9 Å². The quantitative estimate of drug-likeness (QED) is 0.505. The molecule has 5 heteroatoms. The monoisotopic (exact) mass is 196 g/mol. The van der Waals surface area contributed by atoms with E-state index in [1.807, 2.05) is 0 Å². The van der Waals surface area contributed by atoms with Gasteiger partial charge in [-0.2, -0.15) is 0 Å². The summed E-state index contributed by atoms with van der Waals surface area (Å²) in [5.74, 6) is 0. The molecule has 0 aromatic heterocycles. The molecule has 0 spiro atoms. The third kappa shape index (κ3) is 1.86. The third-order valence-electron chi connectivity index (χ3n) is 1.56. The standard InChI is InChI=1S/C8H5O4P/c9-4-6-2-1-3-8(13(11)12)7(6)5-10/h1-5H. The highest BCUT2D eigenvalue weighted by molar-refractivity contribution is 7.46. The number of carbonyl (C=O) groups excluding carboxylic acids is 2. The van der Waals surface area contributed by atoms with Crippen LogP contribution in [0.2, 0.25) is 0 Å². The molecule has 0 bridgehead atoms. The molecule has 0 aliphatic heterocycles. The van der Waals surface area contributed by atoms with Gasteiger partial charge in [-0.15, -0.1) is 0 Å². The van der Waals surface area contributed by atoms with Crippen LogP contribution >= 0.6 is 8.03 Å². The summed E-state index contributed by atoms with van der Waals surface area (Å²) in [7, 11) is -2.83. The molecule has 0 saturated carbocycles. The van der Waals surface area contributed by atoms with Crippen LogP contribution in [0.5, 0.6) is 0 Å². The molecule has 0 heterocycles. The average molecular weight is 196 g/mol. The van der Waals surface area contributed by atoms with Crippen LogP contribution in [-0.4, -0.2) is 12.6 Å². The van der Waals surface area contributed by atoms with Gasteiger partial charge in [-0.25, -0.2) is 0 Å². The summed E-state index contributed by atoms with van der Waals surface area (Å²) in [5.41, 5.74) is 0.0142. The molecule has 4 nitrogen and oxygen atoms in total. The predicted octanol–water partition coefficient (Wildman–Crippen LogP) is 0.0396. The molecule has 0 N–H and O–H groups in total. The lowest BCUT2D eigenvalue weighted by atomic mass is 10.1. The van der Waals surface area contributed by atoms with Crippen molar-refractivity contribution in [1.82, 2.24) is 0 Å². The number of hydrogen-bond acceptors (Lipinski definition) is 4. The van der Waals surface area contributed by atoms with Gasteiger partial charge in [0.05, 0.1) is 5.56 Å². The normalized spacial score (nSPS) is 10.7. The molecule has 1 aromatic rings. The van der Waals surface area contributed by atoms with E-state index >= 15 is 0 Å². The van der Waals surface area contributed by atoms with E-state index in [1.54, 1.807) is 0 Å². The minimum absolute atomic E-state index is 0.0754. The first-order valence-corrected chi connectivity index (χ1v) is 4.56. The molecule has 1 atom stereocenters. The van der Waals surface area contributed by atoms with Crippen LogP contribution in [0.4, 0.5) is 0 Å². The molecule has 0 amide bonds. The molecule has 0 saturated heterocycles. The minimum atomic E-state index is -2.83. The van der Waals surface area contributed by atoms with Crippen LogP contribution in [0.3, 0.4) is 0 Å². The highest BCUT2D eigenvalue weighted by Gasteiger charge is 2.16. The van der Waals surface area contributed by atoms with Crippen molar-refractivity contribution in [2.24, 2.45) is 0 Å². The number of hydrogen-bond donors (Lipinski definition) is 0. The van der Waals surface area contributed by atoms with Crippen molar-refractivity contribution in [3.8, 4) is 0 Å². The van der Waals surface area contributed by atoms with E-state index in [1.165, 1.54) is 18.2 Å². The van der Waals surface area contributed by atoms with E-state index in [0.717, 1.165) is 0 Å². The van der Waals surface area contributed by atoms with Crippen molar-refractivity contribution in [3.63, 3.8) is 0 Å². The van der Waals surface area contributed by atoms with Gasteiger partial charge in [-0.3, -0.25) is 9.59 Å². The zero-order valence-corrected chi connectivity index (χ0v) is 7.36. The number of carbonyl (C=O) groups is 2. The molecule has 0 fully saturated rings. The molecular formula is C8H5O4P. The van der Waals surface area contributed by atoms with E-state index in [9.17, 15) is 19.0 Å². The molecule has 1 unspecified atom stereocenters. The van der Waals surface area contributed by atoms with Crippen molar-refractivity contribution >= 4 is 25.9 Å². The van der Waals surface area contributed by atoms with Crippen molar-refractivity contribution in [3.05, 3.63) is 29.3 Å². The lowest BCUT2D eigenvalue weighted by Crippen LogP contribution is -2.12. The summed E-state index contributed by atoms with van der Waals surface area (Å²) in [4.78, 5) is 31.5. The fourth-order valence-electron chi connectivity index (χ4n) is 0.961. The molecule has 0 aliphatic rings. The number of aldehydes is 2. The minimum Gasteiger partial charge on any atom is -0.591 e. The summed E-state index contributed by atoms with van der Waals surface area (Å²) in [6.45, 7) is 0. The Morgan fingerprint density at radius 2 is 1.92 bits per heavy atom. The van der Waals surface area contributed by atoms with Crippen molar-refractivity contribution in [2.45, 2.75) is 0 Å². The second-order valence-electron chi connectivity index (χ2n) is 2.27. The first-order chi connectivity index (χ1) is 6.20. The van der Waals surface area contributed by atoms with Crippen LogP contribution in [0.15, 0.2) is 18.2 Å². The first-order valence-electron chi connectivity index (χ1n) is 3.38. The van der Waals surface area contributed by atoms with Crippen LogP contribution in [0.1, 0.15) is 20.7 Å². The lowest BCUT2D eigenvalue weighted by molar-refractivity contribution is -0.160. The van der Waals surface area contributed by atoms with Gasteiger partial charge in [0, 0.05) is 5.56 Å². The molecule has 0 aliphatic carbocycles. The summed E-state index contributed by atoms with van der Waals surface area (Å²) in [6, 6.07) is 4.08. The van der Waals surface area contributed by atoms with Crippen molar-refractivity contribution in [2.75, 3.05) is 0 Å². The van der Waals surface area contributed by atoms with E-state index < -0.39 is 8.03 Å². The highest BCUT2D eigenvalue weighted by atomic mass is 31.1. The topological polar surface area (TPSA) is 74.3 Å². The Balaban J connectivity index is 3.43. The second kappa shape index (κ2) is 4.03. The predicted molar refractivity (Wildman–Crippen MR) is 44.5 cm³/mol. The van der Waals surface area contributed by atoms with Gasteiger partial charge < -0.3 is 4.89 Å². The Bertz CT molecular complexity index is 372. The van der Waals surface area contributed by atoms with Crippen LogP contribution in [0, 0.1) is 0 Å². The fraction of sp³-hybridized carbons (Fsp3) is 0. The maximum atomic E-state index is 10.6. The summed E-state index contributed by atoms with van der Waals surface area (Å²) in [5, 5.41) is -0.116. The van der Waals surface area contributed by atoms with Gasteiger partial charge in [-0.1, -0.05) is 16.7 Å². The van der Waals surface area contributed by atoms with E-state index in [-0.39, 0.29) is 16.4 Å². The molecule has 13 heavy (non-hydrogen) atoms. The molecular weight excluding hydrogens is 191 g/mol. The Kier molecular flexibility index (Phi) is 3.01. The lowest BCUT2D eigenvalue weighted by Gasteiger charge is -1.97. The van der Waals surface area contributed by atoms with Crippen LogP contribution < -0.4 is 10.2 Å². The van der Waals surface area contributed by atoms with Gasteiger partial charge in [-0.05, 0) is 6.07 Å². The average Bonchev–Trinajstić information content (AvgIpc) is 2.16. The maximum Gasteiger partial charge on any atom is 0.349 e. The summed E-state index contributed by atoms with van der Waals surface area (Å²) in [6.07, 6.45) is 0.816. The highest BCUT2D eigenvalue weighted by Crippen LogP contribution is 2.13. The Labute approximate surface area is 75.1 Å². The van der Waals surface area contributed by atoms with Gasteiger partial charge in [0.25, 0.3) is 0 Å². The van der Waals surface area contributed by atoms with E-state index in [0.29, 0.717) is 12.6 Å². The zero-order chi connectivity index (χ0) is 9.84. The summed E-state index contributed by atoms with van der Waals surface area (Å²) >= 11 is 0. The van der Waals surface area contributed by atoms with Crippen molar-refractivity contribution < 1.29 is 19.0 Å². The molecule has 1 rings (SSSR count). The van der Waals surface area contributed by atoms with Crippen LogP contribution in [0.25, 0.3) is 0 Å². The SMILES string of the molecule is O=Cc1cccc([P+](=O)[O-])c1C=O. The fourth-order valence-corrected chi connectivity index (χ4v) is 1.55. The van der Waals surface area contributed by atoms with Crippen molar-refractivity contribution in [1.29, 1.82) is 0 Å². The van der Waals surface area contributed by atoms with E-state index in [4.69, 9.17) is 0 Å².